The molecule has 0 bridgehead atoms. The first-order valence-electron chi connectivity index (χ1n) is 13.1. The monoisotopic (exact) mass is 550 g/mol. The first-order valence-corrected chi connectivity index (χ1v) is 13.1. The Balaban J connectivity index is 1.43. The second-order valence-corrected chi connectivity index (χ2v) is 9.40. The van der Waals surface area contributed by atoms with Crippen LogP contribution < -0.4 is 4.74 Å². The van der Waals surface area contributed by atoms with Gasteiger partial charge < -0.3 is 9.84 Å². The minimum absolute atomic E-state index is 0.0357. The maximum atomic E-state index is 14.9. The summed E-state index contributed by atoms with van der Waals surface area (Å²) in [4.78, 5) is 8.19. The average Bonchev–Trinajstić information content (AvgIpc) is 2.97. The first-order chi connectivity index (χ1) is 19.3. The highest BCUT2D eigenvalue weighted by molar-refractivity contribution is 5.66. The van der Waals surface area contributed by atoms with Gasteiger partial charge in [-0.25, -0.2) is 23.1 Å². The van der Waals surface area contributed by atoms with Gasteiger partial charge in [-0.15, -0.1) is 6.58 Å². The molecule has 0 saturated carbocycles. The third-order valence-electron chi connectivity index (χ3n) is 6.58. The molecule has 1 aromatic heterocycles. The Morgan fingerprint density at radius 2 is 1.48 bits per heavy atom. The van der Waals surface area contributed by atoms with E-state index in [9.17, 15) is 22.7 Å². The van der Waals surface area contributed by atoms with Gasteiger partial charge in [-0.3, -0.25) is 0 Å². The molecule has 0 fully saturated rings. The fraction of sp³-hybridized carbons (Fsp3) is 0.250. The summed E-state index contributed by atoms with van der Waals surface area (Å²) in [5, 5.41) is 10.0. The molecule has 3 aromatic carbocycles. The summed E-state index contributed by atoms with van der Waals surface area (Å²) in [6.07, 6.45) is 6.00. The van der Waals surface area contributed by atoms with E-state index in [1.165, 1.54) is 36.7 Å². The Hall–Kier alpha value is -4.04. The highest BCUT2D eigenvalue weighted by Crippen LogP contribution is 2.31. The molecule has 1 unspecified atom stereocenters. The van der Waals surface area contributed by atoms with E-state index < -0.39 is 29.4 Å². The van der Waals surface area contributed by atoms with E-state index in [1.54, 1.807) is 30.3 Å². The third kappa shape index (κ3) is 6.57. The molecule has 1 atom stereocenters. The molecule has 1 heterocycles. The summed E-state index contributed by atoms with van der Waals surface area (Å²) >= 11 is 0. The fourth-order valence-electron chi connectivity index (χ4n) is 4.31. The van der Waals surface area contributed by atoms with Crippen LogP contribution in [-0.2, 0) is 12.8 Å². The second-order valence-electron chi connectivity index (χ2n) is 9.40. The maximum absolute atomic E-state index is 14.9. The fourth-order valence-corrected chi connectivity index (χ4v) is 4.31. The smallest absolute Gasteiger partial charge is 0.201 e. The molecule has 0 spiro atoms. The molecule has 0 aliphatic heterocycles. The number of benzene rings is 3. The van der Waals surface area contributed by atoms with Crippen LogP contribution in [0.3, 0.4) is 0 Å². The van der Waals surface area contributed by atoms with Gasteiger partial charge in [-0.2, -0.15) is 4.39 Å². The molecule has 40 heavy (non-hydrogen) atoms. The number of halogens is 4. The molecular formula is C32H30F4N2O2. The zero-order chi connectivity index (χ0) is 28.6. The Kier molecular flexibility index (Phi) is 9.66. The molecule has 0 aliphatic carbocycles. The molecule has 4 rings (SSSR count). The van der Waals surface area contributed by atoms with Crippen LogP contribution in [0.15, 0.2) is 73.6 Å². The number of rotatable bonds is 12. The van der Waals surface area contributed by atoms with E-state index in [0.717, 1.165) is 12.0 Å². The van der Waals surface area contributed by atoms with Crippen molar-refractivity contribution in [1.29, 1.82) is 0 Å². The van der Waals surface area contributed by atoms with Crippen LogP contribution >= 0.6 is 0 Å². The molecule has 208 valence electrons. The van der Waals surface area contributed by atoms with Gasteiger partial charge in [0.15, 0.2) is 29.0 Å². The van der Waals surface area contributed by atoms with E-state index in [-0.39, 0.29) is 41.3 Å². The number of aryl methyl sites for hydroxylation is 2. The van der Waals surface area contributed by atoms with Crippen LogP contribution in [0.4, 0.5) is 17.6 Å². The zero-order valence-corrected chi connectivity index (χ0v) is 22.1. The standard InChI is InChI=1S/C32H30F4N2O2/c1-3-5-17-40-27-16-15-24(30(35)31(27)36)21-10-7-20(8-11-21)9-12-22-13-14-25(29(34)28(22)33)23-18-37-32(38-19-23)26(39)6-4-2/h3,7-8,10-11,13-16,18-19,26,39H,1,4-6,9,12,17H2,2H3. The largest absolute Gasteiger partial charge is 0.490 e. The summed E-state index contributed by atoms with van der Waals surface area (Å²) in [6, 6.07) is 12.7. The van der Waals surface area contributed by atoms with E-state index in [0.29, 0.717) is 30.4 Å². The third-order valence-corrected chi connectivity index (χ3v) is 6.58. The van der Waals surface area contributed by atoms with Crippen molar-refractivity contribution in [2.45, 2.75) is 45.1 Å². The molecule has 0 amide bonds. The number of aliphatic hydroxyl groups is 1. The van der Waals surface area contributed by atoms with Gasteiger partial charge >= 0.3 is 0 Å². The predicted octanol–water partition coefficient (Wildman–Crippen LogP) is 7.94. The van der Waals surface area contributed by atoms with Crippen molar-refractivity contribution in [2.75, 3.05) is 6.61 Å². The molecule has 0 saturated heterocycles. The van der Waals surface area contributed by atoms with Crippen LogP contribution in [0.25, 0.3) is 22.3 Å². The lowest BCUT2D eigenvalue weighted by Gasteiger charge is -2.11. The maximum Gasteiger partial charge on any atom is 0.201 e. The lowest BCUT2D eigenvalue weighted by Crippen LogP contribution is -2.04. The van der Waals surface area contributed by atoms with E-state index >= 15 is 0 Å². The number of nitrogens with zero attached hydrogens (tertiary/aromatic N) is 2. The van der Waals surface area contributed by atoms with Crippen molar-refractivity contribution in [3.05, 3.63) is 114 Å². The minimum atomic E-state index is -1.05. The van der Waals surface area contributed by atoms with Gasteiger partial charge in [0.25, 0.3) is 0 Å². The molecule has 4 aromatic rings. The zero-order valence-electron chi connectivity index (χ0n) is 22.1. The van der Waals surface area contributed by atoms with Crippen LogP contribution in [0.5, 0.6) is 5.75 Å². The molecule has 0 radical (unpaired) electrons. The number of hydrogen-bond acceptors (Lipinski definition) is 4. The van der Waals surface area contributed by atoms with Gasteiger partial charge in [0.05, 0.1) is 6.61 Å². The number of aromatic nitrogens is 2. The molecule has 8 heteroatoms. The second kappa shape index (κ2) is 13.3. The quantitative estimate of drug-likeness (QED) is 0.111. The van der Waals surface area contributed by atoms with Gasteiger partial charge in [-0.1, -0.05) is 55.8 Å². The Morgan fingerprint density at radius 1 is 0.825 bits per heavy atom. The molecule has 0 aliphatic rings. The van der Waals surface area contributed by atoms with Crippen molar-refractivity contribution in [2.24, 2.45) is 0 Å². The normalized spacial score (nSPS) is 11.8. The van der Waals surface area contributed by atoms with Gasteiger partial charge in [0.2, 0.25) is 5.82 Å². The summed E-state index contributed by atoms with van der Waals surface area (Å²) in [6.45, 7) is 5.69. The minimum Gasteiger partial charge on any atom is -0.490 e. The summed E-state index contributed by atoms with van der Waals surface area (Å²) in [5.74, 6) is -3.91. The average molecular weight is 551 g/mol. The summed E-state index contributed by atoms with van der Waals surface area (Å²) in [7, 11) is 0. The number of ether oxygens (including phenoxy) is 1. The number of hydrogen-bond donors (Lipinski definition) is 1. The van der Waals surface area contributed by atoms with Crippen LogP contribution in [0.1, 0.15) is 49.2 Å². The van der Waals surface area contributed by atoms with Crippen LogP contribution in [0, 0.1) is 23.3 Å². The molecular weight excluding hydrogens is 520 g/mol. The van der Waals surface area contributed by atoms with Gasteiger partial charge in [0.1, 0.15) is 6.10 Å². The lowest BCUT2D eigenvalue weighted by atomic mass is 9.98. The van der Waals surface area contributed by atoms with Crippen LogP contribution in [-0.4, -0.2) is 21.7 Å². The van der Waals surface area contributed by atoms with Crippen molar-refractivity contribution in [1.82, 2.24) is 9.97 Å². The molecule has 4 nitrogen and oxygen atoms in total. The highest BCUT2D eigenvalue weighted by Gasteiger charge is 2.18. The predicted molar refractivity (Wildman–Crippen MR) is 147 cm³/mol. The Labute approximate surface area is 231 Å². The summed E-state index contributed by atoms with van der Waals surface area (Å²) in [5.41, 5.74) is 1.96. The molecule has 1 N–H and O–H groups in total. The Morgan fingerprint density at radius 3 is 2.15 bits per heavy atom. The van der Waals surface area contributed by atoms with Gasteiger partial charge in [-0.05, 0) is 54.5 Å². The van der Waals surface area contributed by atoms with Crippen LogP contribution in [0.2, 0.25) is 0 Å². The van der Waals surface area contributed by atoms with Gasteiger partial charge in [0, 0.05) is 29.1 Å². The topological polar surface area (TPSA) is 55.2 Å². The van der Waals surface area contributed by atoms with Crippen molar-refractivity contribution in [3.8, 4) is 28.0 Å². The van der Waals surface area contributed by atoms with Crippen molar-refractivity contribution >= 4 is 0 Å². The SMILES string of the molecule is C=CCCOc1ccc(-c2ccc(CCc3ccc(-c4cnc(C(O)CCC)nc4)c(F)c3F)cc2)c(F)c1F. The first kappa shape index (κ1) is 29.0. The number of aliphatic hydroxyl groups excluding tert-OH is 1. The van der Waals surface area contributed by atoms with E-state index in [2.05, 4.69) is 16.5 Å². The highest BCUT2D eigenvalue weighted by atomic mass is 19.2. The Bertz CT molecular complexity index is 1460. The van der Waals surface area contributed by atoms with Crippen molar-refractivity contribution in [3.63, 3.8) is 0 Å². The lowest BCUT2D eigenvalue weighted by molar-refractivity contribution is 0.156. The van der Waals surface area contributed by atoms with E-state index in [4.69, 9.17) is 4.74 Å². The summed E-state index contributed by atoms with van der Waals surface area (Å²) < 4.78 is 64.2. The van der Waals surface area contributed by atoms with E-state index in [1.807, 2.05) is 6.92 Å². The van der Waals surface area contributed by atoms with Crippen molar-refractivity contribution < 1.29 is 27.4 Å².